The summed E-state index contributed by atoms with van der Waals surface area (Å²) in [5.41, 5.74) is 0.560. The van der Waals surface area contributed by atoms with Crippen molar-refractivity contribution in [2.45, 2.75) is 64.3 Å². The van der Waals surface area contributed by atoms with Crippen LogP contribution in [0.5, 0.6) is 0 Å². The summed E-state index contributed by atoms with van der Waals surface area (Å²) in [6.07, 6.45) is 11.7. The van der Waals surface area contributed by atoms with E-state index in [9.17, 15) is 9.59 Å². The van der Waals surface area contributed by atoms with Crippen molar-refractivity contribution >= 4 is 11.8 Å². The number of carbonyl (C=O) groups is 2. The van der Waals surface area contributed by atoms with Crippen molar-refractivity contribution in [3.63, 3.8) is 0 Å². The van der Waals surface area contributed by atoms with Gasteiger partial charge in [0.1, 0.15) is 0 Å². The van der Waals surface area contributed by atoms with E-state index in [4.69, 9.17) is 0 Å². The summed E-state index contributed by atoms with van der Waals surface area (Å²) in [6.45, 7) is 3.54. The third-order valence-corrected chi connectivity index (χ3v) is 4.66. The first-order valence-corrected chi connectivity index (χ1v) is 9.18. The summed E-state index contributed by atoms with van der Waals surface area (Å²) in [7, 11) is 1.79. The normalized spacial score (nSPS) is 17.2. The van der Waals surface area contributed by atoms with Crippen LogP contribution in [0.4, 0.5) is 0 Å². The Morgan fingerprint density at radius 1 is 1.29 bits per heavy atom. The lowest BCUT2D eigenvalue weighted by Crippen LogP contribution is -2.43. The number of aryl methyl sites for hydroxylation is 1. The van der Waals surface area contributed by atoms with Gasteiger partial charge in [-0.3, -0.25) is 14.3 Å². The molecule has 1 N–H and O–H groups in total. The van der Waals surface area contributed by atoms with Gasteiger partial charge in [-0.25, -0.2) is 0 Å². The second-order valence-corrected chi connectivity index (χ2v) is 6.66. The summed E-state index contributed by atoms with van der Waals surface area (Å²) in [6, 6.07) is 0.133. The molecule has 0 aliphatic carbocycles. The summed E-state index contributed by atoms with van der Waals surface area (Å²) >= 11 is 0. The molecular formula is C18H30N4O2. The molecule has 2 rings (SSSR count). The van der Waals surface area contributed by atoms with Gasteiger partial charge in [-0.2, -0.15) is 5.10 Å². The molecule has 1 aliphatic heterocycles. The molecule has 2 amide bonds. The quantitative estimate of drug-likeness (QED) is 0.706. The van der Waals surface area contributed by atoms with Gasteiger partial charge in [0.2, 0.25) is 5.91 Å². The molecule has 6 nitrogen and oxygen atoms in total. The van der Waals surface area contributed by atoms with Gasteiger partial charge in [0.25, 0.3) is 5.91 Å². The van der Waals surface area contributed by atoms with E-state index in [1.807, 2.05) is 4.90 Å². The molecule has 6 heteroatoms. The highest BCUT2D eigenvalue weighted by atomic mass is 16.2. The van der Waals surface area contributed by atoms with Crippen LogP contribution in [0.15, 0.2) is 12.4 Å². The van der Waals surface area contributed by atoms with Gasteiger partial charge in [-0.05, 0) is 19.3 Å². The molecule has 0 aromatic carbocycles. The first-order chi connectivity index (χ1) is 11.6. The van der Waals surface area contributed by atoms with Gasteiger partial charge in [0.15, 0.2) is 0 Å². The zero-order valence-electron chi connectivity index (χ0n) is 15.0. The highest BCUT2D eigenvalue weighted by Gasteiger charge is 2.28. The van der Waals surface area contributed by atoms with Crippen LogP contribution in [0.2, 0.25) is 0 Å². The van der Waals surface area contributed by atoms with E-state index in [2.05, 4.69) is 17.3 Å². The van der Waals surface area contributed by atoms with Gasteiger partial charge in [-0.1, -0.05) is 32.6 Å². The van der Waals surface area contributed by atoms with Crippen molar-refractivity contribution < 1.29 is 9.59 Å². The Morgan fingerprint density at radius 2 is 2.08 bits per heavy atom. The molecule has 1 fully saturated rings. The zero-order valence-corrected chi connectivity index (χ0v) is 15.0. The molecule has 1 aromatic heterocycles. The van der Waals surface area contributed by atoms with Crippen LogP contribution < -0.4 is 5.32 Å². The lowest BCUT2D eigenvalue weighted by atomic mass is 10.1. The Hall–Kier alpha value is -1.85. The molecule has 0 saturated carbocycles. The number of aromatic nitrogens is 2. The van der Waals surface area contributed by atoms with Crippen molar-refractivity contribution in [2.24, 2.45) is 7.05 Å². The molecule has 134 valence electrons. The smallest absolute Gasteiger partial charge is 0.254 e. The van der Waals surface area contributed by atoms with Crippen molar-refractivity contribution in [1.29, 1.82) is 0 Å². The van der Waals surface area contributed by atoms with Crippen molar-refractivity contribution in [3.8, 4) is 0 Å². The van der Waals surface area contributed by atoms with E-state index in [1.165, 1.54) is 19.3 Å². The fourth-order valence-electron chi connectivity index (χ4n) is 3.25. The van der Waals surface area contributed by atoms with E-state index < -0.39 is 0 Å². The molecule has 1 unspecified atom stereocenters. The molecule has 0 bridgehead atoms. The first kappa shape index (κ1) is 18.5. The van der Waals surface area contributed by atoms with E-state index in [1.54, 1.807) is 24.1 Å². The maximum atomic E-state index is 12.4. The fourth-order valence-corrected chi connectivity index (χ4v) is 3.25. The molecule has 1 atom stereocenters. The third kappa shape index (κ3) is 5.35. The van der Waals surface area contributed by atoms with E-state index in [0.29, 0.717) is 18.5 Å². The molecule has 0 radical (unpaired) electrons. The van der Waals surface area contributed by atoms with E-state index in [-0.39, 0.29) is 17.9 Å². The largest absolute Gasteiger partial charge is 0.350 e. The standard InChI is InChI=1S/C18H30N4O2/c1-3-4-5-6-7-10-17(23)22-11-8-9-16(22)13-19-18(24)15-12-20-21(2)14-15/h12,14,16H,3-11,13H2,1-2H3,(H,19,24). The molecule has 1 saturated heterocycles. The third-order valence-electron chi connectivity index (χ3n) is 4.66. The zero-order chi connectivity index (χ0) is 17.4. The number of nitrogens with zero attached hydrogens (tertiary/aromatic N) is 3. The lowest BCUT2D eigenvalue weighted by molar-refractivity contribution is -0.132. The lowest BCUT2D eigenvalue weighted by Gasteiger charge is -2.25. The minimum atomic E-state index is -0.123. The number of nitrogens with one attached hydrogen (secondary N) is 1. The van der Waals surface area contributed by atoms with E-state index in [0.717, 1.165) is 32.2 Å². The van der Waals surface area contributed by atoms with Crippen LogP contribution in [-0.4, -0.2) is 45.6 Å². The molecule has 1 aliphatic rings. The average molecular weight is 334 g/mol. The van der Waals surface area contributed by atoms with Gasteiger partial charge < -0.3 is 10.2 Å². The summed E-state index contributed by atoms with van der Waals surface area (Å²) in [4.78, 5) is 26.5. The van der Waals surface area contributed by atoms with Gasteiger partial charge >= 0.3 is 0 Å². The van der Waals surface area contributed by atoms with Gasteiger partial charge in [-0.15, -0.1) is 0 Å². The van der Waals surface area contributed by atoms with Crippen LogP contribution in [0.1, 0.15) is 68.6 Å². The maximum absolute atomic E-state index is 12.4. The van der Waals surface area contributed by atoms with E-state index >= 15 is 0 Å². The van der Waals surface area contributed by atoms with Crippen molar-refractivity contribution in [3.05, 3.63) is 18.0 Å². The number of carbonyl (C=O) groups excluding carboxylic acids is 2. The number of amides is 2. The van der Waals surface area contributed by atoms with Crippen LogP contribution in [0.25, 0.3) is 0 Å². The minimum absolute atomic E-state index is 0.123. The molecule has 2 heterocycles. The van der Waals surface area contributed by atoms with Gasteiger partial charge in [0, 0.05) is 38.8 Å². The minimum Gasteiger partial charge on any atom is -0.350 e. The van der Waals surface area contributed by atoms with Crippen LogP contribution in [-0.2, 0) is 11.8 Å². The number of hydrogen-bond donors (Lipinski definition) is 1. The number of rotatable bonds is 9. The number of hydrogen-bond acceptors (Lipinski definition) is 3. The Bertz CT molecular complexity index is 541. The molecular weight excluding hydrogens is 304 g/mol. The van der Waals surface area contributed by atoms with Crippen LogP contribution >= 0.6 is 0 Å². The highest BCUT2D eigenvalue weighted by molar-refractivity contribution is 5.93. The monoisotopic (exact) mass is 334 g/mol. The Kier molecular flexibility index (Phi) is 7.28. The van der Waals surface area contributed by atoms with Crippen LogP contribution in [0.3, 0.4) is 0 Å². The SMILES string of the molecule is CCCCCCCC(=O)N1CCCC1CNC(=O)c1cnn(C)c1. The average Bonchev–Trinajstić information content (AvgIpc) is 3.21. The van der Waals surface area contributed by atoms with Gasteiger partial charge in [0.05, 0.1) is 11.8 Å². The summed E-state index contributed by atoms with van der Waals surface area (Å²) in [5, 5.41) is 6.94. The number of unbranched alkanes of at least 4 members (excludes halogenated alkanes) is 4. The Labute approximate surface area is 144 Å². The predicted molar refractivity (Wildman–Crippen MR) is 93.7 cm³/mol. The topological polar surface area (TPSA) is 67.2 Å². The first-order valence-electron chi connectivity index (χ1n) is 9.18. The second kappa shape index (κ2) is 9.45. The van der Waals surface area contributed by atoms with Crippen molar-refractivity contribution in [1.82, 2.24) is 20.0 Å². The number of likely N-dealkylation sites (tertiary alicyclic amines) is 1. The van der Waals surface area contributed by atoms with Crippen LogP contribution in [0, 0.1) is 0 Å². The highest BCUT2D eigenvalue weighted by Crippen LogP contribution is 2.19. The predicted octanol–water partition coefficient (Wildman–Crippen LogP) is 2.50. The maximum Gasteiger partial charge on any atom is 0.254 e. The summed E-state index contributed by atoms with van der Waals surface area (Å²) < 4.78 is 1.61. The second-order valence-electron chi connectivity index (χ2n) is 6.66. The molecule has 0 spiro atoms. The molecule has 24 heavy (non-hydrogen) atoms. The summed E-state index contributed by atoms with van der Waals surface area (Å²) in [5.74, 6) is 0.117. The van der Waals surface area contributed by atoms with Crippen molar-refractivity contribution in [2.75, 3.05) is 13.1 Å². The molecule has 1 aromatic rings. The Balaban J connectivity index is 1.73. The Morgan fingerprint density at radius 3 is 2.79 bits per heavy atom. The fraction of sp³-hybridized carbons (Fsp3) is 0.722.